The van der Waals surface area contributed by atoms with E-state index >= 15 is 0 Å². The summed E-state index contributed by atoms with van der Waals surface area (Å²) in [5, 5.41) is 9.15. The number of carbonyl (C=O) groups is 3. The van der Waals surface area contributed by atoms with Gasteiger partial charge >= 0.3 is 0 Å². The van der Waals surface area contributed by atoms with E-state index < -0.39 is 29.8 Å². The van der Waals surface area contributed by atoms with Gasteiger partial charge in [-0.3, -0.25) is 14.4 Å². The van der Waals surface area contributed by atoms with E-state index in [1.54, 1.807) is 18.9 Å². The maximum atomic E-state index is 14.6. The van der Waals surface area contributed by atoms with Gasteiger partial charge < -0.3 is 25.6 Å². The SMILES string of the molecule is CN[C@@H](C)C(=O)NC1CCOC2CC(C(C)C)(C(C)C)C(C(=O)NC(c3ccccc3)c3ccccc3)N2C1=O. The zero-order chi connectivity index (χ0) is 29.0. The molecule has 2 fully saturated rings. The third-order valence-electron chi connectivity index (χ3n) is 8.99. The van der Waals surface area contributed by atoms with Gasteiger partial charge in [0.25, 0.3) is 0 Å². The topological polar surface area (TPSA) is 99.8 Å². The fourth-order valence-electron chi connectivity index (χ4n) is 6.54. The number of hydrogen-bond acceptors (Lipinski definition) is 5. The Labute approximate surface area is 238 Å². The smallest absolute Gasteiger partial charge is 0.247 e. The molecule has 2 saturated heterocycles. The average molecular weight is 549 g/mol. The van der Waals surface area contributed by atoms with Crippen LogP contribution in [0.2, 0.25) is 0 Å². The Morgan fingerprint density at radius 1 is 0.925 bits per heavy atom. The summed E-state index contributed by atoms with van der Waals surface area (Å²) in [6.07, 6.45) is 0.375. The van der Waals surface area contributed by atoms with Crippen LogP contribution in [0.15, 0.2) is 60.7 Å². The van der Waals surface area contributed by atoms with Crippen LogP contribution >= 0.6 is 0 Å². The number of hydrogen-bond donors (Lipinski definition) is 3. The molecular weight excluding hydrogens is 504 g/mol. The summed E-state index contributed by atoms with van der Waals surface area (Å²) in [6, 6.07) is 17.4. The van der Waals surface area contributed by atoms with Crippen LogP contribution in [-0.2, 0) is 19.1 Å². The van der Waals surface area contributed by atoms with Crippen molar-refractivity contribution in [2.24, 2.45) is 17.3 Å². The summed E-state index contributed by atoms with van der Waals surface area (Å²) < 4.78 is 6.26. The molecule has 40 heavy (non-hydrogen) atoms. The molecule has 2 aliphatic rings. The Kier molecular flexibility index (Phi) is 9.31. The molecule has 0 spiro atoms. The second-order valence-electron chi connectivity index (χ2n) is 11.7. The maximum Gasteiger partial charge on any atom is 0.247 e. The first-order valence-corrected chi connectivity index (χ1v) is 14.4. The molecular formula is C32H44N4O4. The lowest BCUT2D eigenvalue weighted by Gasteiger charge is -2.44. The molecule has 8 nitrogen and oxygen atoms in total. The molecule has 0 saturated carbocycles. The molecule has 2 heterocycles. The number of rotatable bonds is 9. The molecule has 0 aromatic heterocycles. The first kappa shape index (κ1) is 29.7. The maximum absolute atomic E-state index is 14.6. The molecule has 216 valence electrons. The molecule has 2 aromatic carbocycles. The number of nitrogens with one attached hydrogen (secondary N) is 3. The van der Waals surface area contributed by atoms with Gasteiger partial charge in [0.2, 0.25) is 17.7 Å². The van der Waals surface area contributed by atoms with Crippen molar-refractivity contribution in [1.29, 1.82) is 0 Å². The second kappa shape index (κ2) is 12.5. The Morgan fingerprint density at radius 2 is 1.48 bits per heavy atom. The van der Waals surface area contributed by atoms with E-state index in [4.69, 9.17) is 4.74 Å². The van der Waals surface area contributed by atoms with Gasteiger partial charge in [-0.1, -0.05) is 88.4 Å². The van der Waals surface area contributed by atoms with E-state index in [1.807, 2.05) is 60.7 Å². The van der Waals surface area contributed by atoms with Crippen LogP contribution in [0.3, 0.4) is 0 Å². The lowest BCUT2D eigenvalue weighted by atomic mass is 9.63. The number of amides is 3. The number of ether oxygens (including phenoxy) is 1. The van der Waals surface area contributed by atoms with E-state index in [2.05, 4.69) is 43.6 Å². The zero-order valence-corrected chi connectivity index (χ0v) is 24.5. The van der Waals surface area contributed by atoms with E-state index in [9.17, 15) is 14.4 Å². The predicted octanol–water partition coefficient (Wildman–Crippen LogP) is 3.63. The van der Waals surface area contributed by atoms with E-state index in [1.165, 1.54) is 0 Å². The first-order valence-electron chi connectivity index (χ1n) is 14.4. The molecule has 8 heteroatoms. The third kappa shape index (κ3) is 5.65. The Bertz CT molecular complexity index is 1120. The van der Waals surface area contributed by atoms with Crippen molar-refractivity contribution in [2.45, 2.75) is 77.9 Å². The van der Waals surface area contributed by atoms with Crippen molar-refractivity contribution >= 4 is 17.7 Å². The molecule has 3 N–H and O–H groups in total. The van der Waals surface area contributed by atoms with Crippen LogP contribution < -0.4 is 16.0 Å². The minimum Gasteiger partial charge on any atom is -0.358 e. The van der Waals surface area contributed by atoms with Gasteiger partial charge in [0.05, 0.1) is 18.7 Å². The van der Waals surface area contributed by atoms with Crippen molar-refractivity contribution < 1.29 is 19.1 Å². The highest BCUT2D eigenvalue weighted by molar-refractivity contribution is 5.94. The Morgan fingerprint density at radius 3 is 1.98 bits per heavy atom. The number of likely N-dealkylation sites (N-methyl/N-ethyl adjacent to an activating group) is 1. The molecule has 2 aromatic rings. The van der Waals surface area contributed by atoms with Crippen molar-refractivity contribution in [3.05, 3.63) is 71.8 Å². The normalized spacial score (nSPS) is 23.2. The largest absolute Gasteiger partial charge is 0.358 e. The van der Waals surface area contributed by atoms with Crippen molar-refractivity contribution in [1.82, 2.24) is 20.9 Å². The van der Waals surface area contributed by atoms with Gasteiger partial charge in [-0.2, -0.15) is 0 Å². The second-order valence-corrected chi connectivity index (χ2v) is 11.7. The van der Waals surface area contributed by atoms with Crippen molar-refractivity contribution in [2.75, 3.05) is 13.7 Å². The van der Waals surface area contributed by atoms with Crippen LogP contribution in [0, 0.1) is 17.3 Å². The summed E-state index contributed by atoms with van der Waals surface area (Å²) in [5.41, 5.74) is 1.40. The number of benzene rings is 2. The van der Waals surface area contributed by atoms with E-state index in [0.717, 1.165) is 11.1 Å². The molecule has 4 rings (SSSR count). The summed E-state index contributed by atoms with van der Waals surface area (Å²) in [5.74, 6) is -0.549. The van der Waals surface area contributed by atoms with Crippen molar-refractivity contribution in [3.63, 3.8) is 0 Å². The van der Waals surface area contributed by atoms with Crippen LogP contribution in [0.25, 0.3) is 0 Å². The molecule has 4 atom stereocenters. The van der Waals surface area contributed by atoms with Gasteiger partial charge in [-0.15, -0.1) is 0 Å². The Hall–Kier alpha value is -3.23. The quantitative estimate of drug-likeness (QED) is 0.445. The Balaban J connectivity index is 1.75. The number of nitrogens with zero attached hydrogens (tertiary/aromatic N) is 1. The highest BCUT2D eigenvalue weighted by Gasteiger charge is 2.61. The lowest BCUT2D eigenvalue weighted by Crippen LogP contribution is -2.60. The molecule has 3 amide bonds. The lowest BCUT2D eigenvalue weighted by molar-refractivity contribution is -0.151. The van der Waals surface area contributed by atoms with Crippen LogP contribution in [-0.4, -0.2) is 60.6 Å². The average Bonchev–Trinajstić information content (AvgIpc) is 3.24. The van der Waals surface area contributed by atoms with Crippen LogP contribution in [0.1, 0.15) is 64.6 Å². The summed E-state index contributed by atoms with van der Waals surface area (Å²) in [7, 11) is 1.70. The predicted molar refractivity (Wildman–Crippen MR) is 155 cm³/mol. The van der Waals surface area contributed by atoms with Crippen molar-refractivity contribution in [3.8, 4) is 0 Å². The molecule has 0 radical (unpaired) electrons. The fourth-order valence-corrected chi connectivity index (χ4v) is 6.54. The minimum atomic E-state index is -0.766. The van der Waals surface area contributed by atoms with Gasteiger partial charge in [0, 0.05) is 18.3 Å². The van der Waals surface area contributed by atoms with Gasteiger partial charge in [-0.05, 0) is 36.9 Å². The van der Waals surface area contributed by atoms with Crippen LogP contribution in [0.5, 0.6) is 0 Å². The van der Waals surface area contributed by atoms with Gasteiger partial charge in [-0.25, -0.2) is 0 Å². The summed E-state index contributed by atoms with van der Waals surface area (Å²) in [4.78, 5) is 43.1. The standard InChI is InChI=1S/C32H44N4O4/c1-20(2)32(21(3)4)19-26-36(31(39)25(17-18-40-26)34-29(37)22(5)33-6)28(32)30(38)35-27(23-13-9-7-10-14-23)24-15-11-8-12-16-24/h7-16,20-22,25-28,33H,17-19H2,1-6H3,(H,34,37)(H,35,38)/t22-,25?,26?,28?/m0/s1. The minimum absolute atomic E-state index is 0.0934. The summed E-state index contributed by atoms with van der Waals surface area (Å²) in [6.45, 7) is 10.6. The van der Waals surface area contributed by atoms with Gasteiger partial charge in [0.15, 0.2) is 0 Å². The summed E-state index contributed by atoms with van der Waals surface area (Å²) >= 11 is 0. The highest BCUT2D eigenvalue weighted by Crippen LogP contribution is 2.52. The van der Waals surface area contributed by atoms with E-state index in [-0.39, 0.29) is 35.6 Å². The fraction of sp³-hybridized carbons (Fsp3) is 0.531. The molecule has 0 bridgehead atoms. The number of carbonyl (C=O) groups excluding carboxylic acids is 3. The molecule has 2 aliphatic heterocycles. The number of fused-ring (bicyclic) bond motifs is 1. The molecule has 3 unspecified atom stereocenters. The van der Waals surface area contributed by atoms with Crippen LogP contribution in [0.4, 0.5) is 0 Å². The zero-order valence-electron chi connectivity index (χ0n) is 24.5. The van der Waals surface area contributed by atoms with Gasteiger partial charge in [0.1, 0.15) is 18.3 Å². The first-order chi connectivity index (χ1) is 19.1. The van der Waals surface area contributed by atoms with E-state index in [0.29, 0.717) is 19.4 Å². The monoisotopic (exact) mass is 548 g/mol. The third-order valence-corrected chi connectivity index (χ3v) is 8.99. The molecule has 0 aliphatic carbocycles. The highest BCUT2D eigenvalue weighted by atomic mass is 16.5.